The molecule has 0 spiro atoms. The first-order valence-corrected chi connectivity index (χ1v) is 7.36. The number of amides is 2. The largest absolute Gasteiger partial charge is 0.353 e. The zero-order chi connectivity index (χ0) is 14.7. The number of urea groups is 1. The molecule has 0 bridgehead atoms. The summed E-state index contributed by atoms with van der Waals surface area (Å²) in [4.78, 5) is 20.3. The van der Waals surface area contributed by atoms with Crippen LogP contribution in [0.5, 0.6) is 0 Å². The molecule has 0 atom stereocenters. The molecule has 112 valence electrons. The molecule has 1 aliphatic rings. The summed E-state index contributed by atoms with van der Waals surface area (Å²) in [6.45, 7) is 5.84. The van der Waals surface area contributed by atoms with Gasteiger partial charge in [0.25, 0.3) is 0 Å². The fraction of sp³-hybridized carbons (Fsp3) is 0.500. The van der Waals surface area contributed by atoms with Gasteiger partial charge in [0.15, 0.2) is 5.65 Å². The van der Waals surface area contributed by atoms with Gasteiger partial charge in [0, 0.05) is 45.0 Å². The lowest BCUT2D eigenvalue weighted by Crippen LogP contribution is -2.52. The Morgan fingerprint density at radius 1 is 1.24 bits per heavy atom. The van der Waals surface area contributed by atoms with Gasteiger partial charge >= 0.3 is 6.03 Å². The van der Waals surface area contributed by atoms with E-state index in [1.807, 2.05) is 21.5 Å². The van der Waals surface area contributed by atoms with Crippen LogP contribution in [0.1, 0.15) is 13.3 Å². The molecule has 3 rings (SSSR count). The standard InChI is InChI=1S/C14H20N6O/c1-2-5-16-14(21)19-10-8-18(9-11-19)13-4-6-15-12-3-7-17-20(12)13/h3-4,6-7H,2,5,8-11H2,1H3,(H,16,21). The molecule has 3 heterocycles. The lowest BCUT2D eigenvalue weighted by atomic mass is 10.3. The summed E-state index contributed by atoms with van der Waals surface area (Å²) in [5, 5.41) is 7.23. The minimum atomic E-state index is 0.0375. The van der Waals surface area contributed by atoms with Crippen molar-refractivity contribution in [2.45, 2.75) is 13.3 Å². The topological polar surface area (TPSA) is 65.8 Å². The maximum absolute atomic E-state index is 11.9. The van der Waals surface area contributed by atoms with Crippen molar-refractivity contribution in [1.82, 2.24) is 24.8 Å². The molecule has 7 heteroatoms. The summed E-state index contributed by atoms with van der Waals surface area (Å²) in [6.07, 6.45) is 4.51. The van der Waals surface area contributed by atoms with Gasteiger partial charge < -0.3 is 15.1 Å². The van der Waals surface area contributed by atoms with Crippen LogP contribution in [0.4, 0.5) is 10.6 Å². The van der Waals surface area contributed by atoms with E-state index in [1.165, 1.54) is 0 Å². The number of nitrogens with one attached hydrogen (secondary N) is 1. The van der Waals surface area contributed by atoms with Crippen LogP contribution in [-0.2, 0) is 0 Å². The van der Waals surface area contributed by atoms with Crippen LogP contribution in [0.25, 0.3) is 5.65 Å². The monoisotopic (exact) mass is 288 g/mol. The molecular formula is C14H20N6O. The number of piperazine rings is 1. The first-order chi connectivity index (χ1) is 10.3. The van der Waals surface area contributed by atoms with Gasteiger partial charge in [-0.05, 0) is 12.5 Å². The van der Waals surface area contributed by atoms with Gasteiger partial charge in [0.05, 0.1) is 6.20 Å². The van der Waals surface area contributed by atoms with E-state index in [-0.39, 0.29) is 6.03 Å². The maximum Gasteiger partial charge on any atom is 0.317 e. The summed E-state index contributed by atoms with van der Waals surface area (Å²) in [5.74, 6) is 1.03. The molecule has 0 unspecified atom stereocenters. The highest BCUT2D eigenvalue weighted by atomic mass is 16.2. The molecule has 1 aliphatic heterocycles. The molecule has 1 fully saturated rings. The number of carbonyl (C=O) groups excluding carboxylic acids is 1. The minimum absolute atomic E-state index is 0.0375. The molecule has 2 aromatic heterocycles. The van der Waals surface area contributed by atoms with Crippen LogP contribution in [0, 0.1) is 0 Å². The lowest BCUT2D eigenvalue weighted by molar-refractivity contribution is 0.194. The molecule has 1 N–H and O–H groups in total. The summed E-state index contributed by atoms with van der Waals surface area (Å²) < 4.78 is 1.84. The smallest absolute Gasteiger partial charge is 0.317 e. The highest BCUT2D eigenvalue weighted by Gasteiger charge is 2.22. The summed E-state index contributed by atoms with van der Waals surface area (Å²) in [5.41, 5.74) is 0.843. The van der Waals surface area contributed by atoms with Crippen molar-refractivity contribution in [3.63, 3.8) is 0 Å². The third kappa shape index (κ3) is 2.76. The average Bonchev–Trinajstić information content (AvgIpc) is 3.01. The third-order valence-electron chi connectivity index (χ3n) is 3.69. The predicted molar refractivity (Wildman–Crippen MR) is 80.5 cm³/mol. The second-order valence-corrected chi connectivity index (χ2v) is 5.11. The van der Waals surface area contributed by atoms with Crippen molar-refractivity contribution in [3.05, 3.63) is 24.5 Å². The first kappa shape index (κ1) is 13.7. The molecule has 1 saturated heterocycles. The van der Waals surface area contributed by atoms with Gasteiger partial charge in [-0.1, -0.05) is 6.92 Å². The van der Waals surface area contributed by atoms with E-state index in [1.54, 1.807) is 12.4 Å². The van der Waals surface area contributed by atoms with Gasteiger partial charge in [-0.15, -0.1) is 0 Å². The van der Waals surface area contributed by atoms with Crippen LogP contribution in [0.2, 0.25) is 0 Å². The van der Waals surface area contributed by atoms with Gasteiger partial charge in [0.1, 0.15) is 5.82 Å². The molecule has 2 aromatic rings. The van der Waals surface area contributed by atoms with E-state index in [2.05, 4.69) is 27.2 Å². The normalized spacial score (nSPS) is 15.5. The van der Waals surface area contributed by atoms with Crippen LogP contribution in [-0.4, -0.2) is 58.3 Å². The molecule has 0 aliphatic carbocycles. The Morgan fingerprint density at radius 2 is 2.05 bits per heavy atom. The molecule has 7 nitrogen and oxygen atoms in total. The fourth-order valence-electron chi connectivity index (χ4n) is 2.54. The quantitative estimate of drug-likeness (QED) is 0.914. The van der Waals surface area contributed by atoms with Crippen molar-refractivity contribution in [3.8, 4) is 0 Å². The van der Waals surface area contributed by atoms with Gasteiger partial charge in [-0.25, -0.2) is 9.78 Å². The van der Waals surface area contributed by atoms with Crippen molar-refractivity contribution in [2.24, 2.45) is 0 Å². The Labute approximate surface area is 123 Å². The maximum atomic E-state index is 11.9. The number of anilines is 1. The number of hydrogen-bond acceptors (Lipinski definition) is 4. The van der Waals surface area contributed by atoms with E-state index in [0.29, 0.717) is 0 Å². The molecule has 0 aromatic carbocycles. The average molecular weight is 288 g/mol. The van der Waals surface area contributed by atoms with E-state index in [4.69, 9.17) is 0 Å². The summed E-state index contributed by atoms with van der Waals surface area (Å²) in [6, 6.07) is 3.89. The van der Waals surface area contributed by atoms with E-state index >= 15 is 0 Å². The highest BCUT2D eigenvalue weighted by Crippen LogP contribution is 2.16. The fourth-order valence-corrected chi connectivity index (χ4v) is 2.54. The predicted octanol–water partition coefficient (Wildman–Crippen LogP) is 0.971. The van der Waals surface area contributed by atoms with Crippen molar-refractivity contribution in [1.29, 1.82) is 0 Å². The minimum Gasteiger partial charge on any atom is -0.353 e. The van der Waals surface area contributed by atoms with E-state index in [0.717, 1.165) is 50.6 Å². The molecule has 21 heavy (non-hydrogen) atoms. The zero-order valence-corrected chi connectivity index (χ0v) is 12.2. The molecule has 0 saturated carbocycles. The number of carbonyl (C=O) groups is 1. The Hall–Kier alpha value is -2.31. The van der Waals surface area contributed by atoms with Gasteiger partial charge in [-0.3, -0.25) is 0 Å². The first-order valence-electron chi connectivity index (χ1n) is 7.36. The molecule has 2 amide bonds. The Bertz CT molecular complexity index is 617. The lowest BCUT2D eigenvalue weighted by Gasteiger charge is -2.35. The zero-order valence-electron chi connectivity index (χ0n) is 12.2. The number of rotatable bonds is 3. The van der Waals surface area contributed by atoms with Crippen molar-refractivity contribution < 1.29 is 4.79 Å². The Kier molecular flexibility index (Phi) is 3.89. The van der Waals surface area contributed by atoms with Crippen molar-refractivity contribution >= 4 is 17.5 Å². The number of hydrogen-bond donors (Lipinski definition) is 1. The second-order valence-electron chi connectivity index (χ2n) is 5.11. The van der Waals surface area contributed by atoms with Gasteiger partial charge in [-0.2, -0.15) is 9.61 Å². The van der Waals surface area contributed by atoms with Crippen LogP contribution >= 0.6 is 0 Å². The van der Waals surface area contributed by atoms with Crippen molar-refractivity contribution in [2.75, 3.05) is 37.6 Å². The van der Waals surface area contributed by atoms with E-state index < -0.39 is 0 Å². The Balaban J connectivity index is 1.66. The summed E-state index contributed by atoms with van der Waals surface area (Å²) >= 11 is 0. The Morgan fingerprint density at radius 3 is 2.81 bits per heavy atom. The second kappa shape index (κ2) is 5.99. The van der Waals surface area contributed by atoms with Crippen LogP contribution in [0.3, 0.4) is 0 Å². The van der Waals surface area contributed by atoms with Gasteiger partial charge in [0.2, 0.25) is 0 Å². The number of nitrogens with zero attached hydrogens (tertiary/aromatic N) is 5. The summed E-state index contributed by atoms with van der Waals surface area (Å²) in [7, 11) is 0. The van der Waals surface area contributed by atoms with E-state index in [9.17, 15) is 4.79 Å². The SMILES string of the molecule is CCCNC(=O)N1CCN(c2ccnc3ccnn23)CC1. The number of aromatic nitrogens is 3. The highest BCUT2D eigenvalue weighted by molar-refractivity contribution is 5.74. The third-order valence-corrected chi connectivity index (χ3v) is 3.69. The molecule has 0 radical (unpaired) electrons. The van der Waals surface area contributed by atoms with Crippen LogP contribution in [0.15, 0.2) is 24.5 Å². The van der Waals surface area contributed by atoms with Crippen LogP contribution < -0.4 is 10.2 Å². The number of fused-ring (bicyclic) bond motifs is 1. The molecular weight excluding hydrogens is 268 g/mol.